The summed E-state index contributed by atoms with van der Waals surface area (Å²) in [4.78, 5) is 50.4. The summed E-state index contributed by atoms with van der Waals surface area (Å²) in [5.41, 5.74) is 4.13. The van der Waals surface area contributed by atoms with E-state index in [9.17, 15) is 19.5 Å². The van der Waals surface area contributed by atoms with Crippen molar-refractivity contribution in [3.05, 3.63) is 99.4 Å². The molecule has 0 fully saturated rings. The van der Waals surface area contributed by atoms with Crippen LogP contribution >= 0.6 is 22.7 Å². The zero-order chi connectivity index (χ0) is 35.2. The maximum absolute atomic E-state index is 13.7. The van der Waals surface area contributed by atoms with E-state index in [-0.39, 0.29) is 25.6 Å². The molecule has 0 bridgehead atoms. The van der Waals surface area contributed by atoms with E-state index in [1.54, 1.807) is 11.7 Å². The van der Waals surface area contributed by atoms with E-state index in [0.29, 0.717) is 18.5 Å². The summed E-state index contributed by atoms with van der Waals surface area (Å²) in [6, 6.07) is 16.9. The van der Waals surface area contributed by atoms with E-state index in [2.05, 4.69) is 25.9 Å². The van der Waals surface area contributed by atoms with Crippen molar-refractivity contribution >= 4 is 45.9 Å². The van der Waals surface area contributed by atoms with Crippen molar-refractivity contribution in [2.24, 2.45) is 5.92 Å². The minimum absolute atomic E-state index is 0.0338. The summed E-state index contributed by atoms with van der Waals surface area (Å²) in [6.07, 6.45) is 0.00981. The maximum atomic E-state index is 13.7. The van der Waals surface area contributed by atoms with Crippen LogP contribution < -0.4 is 20.9 Å². The van der Waals surface area contributed by atoms with Crippen LogP contribution in [0, 0.1) is 5.92 Å². The third-order valence-electron chi connectivity index (χ3n) is 7.59. The van der Waals surface area contributed by atoms with Gasteiger partial charge < -0.3 is 35.4 Å². The van der Waals surface area contributed by atoms with Crippen LogP contribution in [0.1, 0.15) is 42.0 Å². The third kappa shape index (κ3) is 12.5. The highest BCUT2D eigenvalue weighted by molar-refractivity contribution is 7.13. The first-order chi connectivity index (χ1) is 23.6. The van der Waals surface area contributed by atoms with Gasteiger partial charge in [0.15, 0.2) is 5.13 Å². The van der Waals surface area contributed by atoms with Crippen LogP contribution in [0.5, 0.6) is 0 Å². The second kappa shape index (κ2) is 18.9. The molecule has 4 atom stereocenters. The van der Waals surface area contributed by atoms with E-state index >= 15 is 0 Å². The van der Waals surface area contributed by atoms with Crippen molar-refractivity contribution in [2.75, 3.05) is 19.0 Å². The normalized spacial score (nSPS) is 13.5. The molecule has 2 aromatic carbocycles. The Hall–Kier alpha value is -4.53. The Kier molecular flexibility index (Phi) is 14.4. The Bertz CT molecular complexity index is 1590. The monoisotopic (exact) mass is 708 g/mol. The number of nitrogens with one attached hydrogen (secondary N) is 3. The fourth-order valence-corrected chi connectivity index (χ4v) is 6.29. The van der Waals surface area contributed by atoms with E-state index in [4.69, 9.17) is 9.47 Å². The van der Waals surface area contributed by atoms with Gasteiger partial charge >= 0.3 is 12.2 Å². The van der Waals surface area contributed by atoms with Gasteiger partial charge in [-0.3, -0.25) is 9.78 Å². The topological polar surface area (TPSA) is 155 Å². The highest BCUT2D eigenvalue weighted by Gasteiger charge is 2.30. The average Bonchev–Trinajstić information content (AvgIpc) is 3.79. The molecule has 0 saturated carbocycles. The molecule has 0 radical (unpaired) electrons. The zero-order valence-corrected chi connectivity index (χ0v) is 29.7. The molecule has 0 aliphatic rings. The van der Waals surface area contributed by atoms with Gasteiger partial charge in [-0.2, -0.15) is 0 Å². The molecule has 262 valence electrons. The Morgan fingerprint density at radius 1 is 0.857 bits per heavy atom. The lowest BCUT2D eigenvalue weighted by Gasteiger charge is -2.30. The van der Waals surface area contributed by atoms with Crippen LogP contribution in [0.3, 0.4) is 0 Å². The standard InChI is InChI=1S/C35H44N6O6S2/c1-23(2)31(40-35(45)46-19-27-21-48-33(38-27)41(3)4)32(43)37-26(15-24-11-7-5-8-12-24)17-30(42)29(16-25-13-9-6-10-14-25)39-34(44)47-20-28-18-36-22-49-28/h5-14,18,21-23,26,29-31,42H,15-17,19-20H2,1-4H3,(H,37,43)(H,39,44)(H,40,45)/t26-,29-,30-,31-/m0/s1. The molecular formula is C35H44N6O6S2. The number of hydrogen-bond donors (Lipinski definition) is 4. The van der Waals surface area contributed by atoms with Crippen molar-refractivity contribution in [3.63, 3.8) is 0 Å². The van der Waals surface area contributed by atoms with Crippen LogP contribution in [-0.4, -0.2) is 71.5 Å². The first-order valence-electron chi connectivity index (χ1n) is 16.0. The lowest BCUT2D eigenvalue weighted by Crippen LogP contribution is -2.54. The van der Waals surface area contributed by atoms with Crippen molar-refractivity contribution in [2.45, 2.75) is 70.6 Å². The van der Waals surface area contributed by atoms with Gasteiger partial charge in [0.05, 0.1) is 28.2 Å². The number of rotatable bonds is 17. The molecule has 12 nitrogen and oxygen atoms in total. The molecule has 0 saturated heterocycles. The lowest BCUT2D eigenvalue weighted by molar-refractivity contribution is -0.125. The fourth-order valence-electron chi connectivity index (χ4n) is 5.04. The largest absolute Gasteiger partial charge is 0.444 e. The quantitative estimate of drug-likeness (QED) is 0.120. The minimum atomic E-state index is -1.06. The molecule has 0 aliphatic carbocycles. The number of anilines is 1. The molecule has 2 aromatic heterocycles. The van der Waals surface area contributed by atoms with Crippen LogP contribution in [0.2, 0.25) is 0 Å². The molecular weight excluding hydrogens is 665 g/mol. The van der Waals surface area contributed by atoms with Crippen molar-refractivity contribution in [1.82, 2.24) is 25.9 Å². The molecule has 0 spiro atoms. The lowest BCUT2D eigenvalue weighted by atomic mass is 9.93. The number of benzene rings is 2. The summed E-state index contributed by atoms with van der Waals surface area (Å²) in [6.45, 7) is 3.68. The SMILES string of the molecule is CC(C)[C@H](NC(=O)OCc1csc(N(C)C)n1)C(=O)N[C@@H](Cc1ccccc1)C[C@H](O)[C@H](Cc1ccccc1)NC(=O)OCc1cncs1. The number of amides is 3. The summed E-state index contributed by atoms with van der Waals surface area (Å²) >= 11 is 2.81. The number of nitrogens with zero attached hydrogens (tertiary/aromatic N) is 3. The first-order valence-corrected chi connectivity index (χ1v) is 17.7. The van der Waals surface area contributed by atoms with Gasteiger partial charge in [-0.15, -0.1) is 22.7 Å². The van der Waals surface area contributed by atoms with Gasteiger partial charge in [0, 0.05) is 31.7 Å². The van der Waals surface area contributed by atoms with E-state index in [1.807, 2.05) is 98.9 Å². The Morgan fingerprint density at radius 2 is 1.49 bits per heavy atom. The second-order valence-corrected chi connectivity index (χ2v) is 13.9. The summed E-state index contributed by atoms with van der Waals surface area (Å²) in [5, 5.41) is 22.8. The number of aliphatic hydroxyl groups is 1. The maximum Gasteiger partial charge on any atom is 0.408 e. The van der Waals surface area contributed by atoms with Gasteiger partial charge in [-0.1, -0.05) is 74.5 Å². The van der Waals surface area contributed by atoms with Gasteiger partial charge in [-0.05, 0) is 36.3 Å². The predicted molar refractivity (Wildman–Crippen MR) is 190 cm³/mol. The van der Waals surface area contributed by atoms with Crippen LogP contribution in [0.4, 0.5) is 14.7 Å². The number of aromatic nitrogens is 2. The van der Waals surface area contributed by atoms with Gasteiger partial charge in [-0.25, -0.2) is 14.6 Å². The Balaban J connectivity index is 1.44. The number of carbonyl (C=O) groups excluding carboxylic acids is 3. The summed E-state index contributed by atoms with van der Waals surface area (Å²) in [5.74, 6) is -0.685. The van der Waals surface area contributed by atoms with E-state index in [1.165, 1.54) is 22.7 Å². The predicted octanol–water partition coefficient (Wildman–Crippen LogP) is 4.93. The molecule has 4 N–H and O–H groups in total. The smallest absolute Gasteiger partial charge is 0.408 e. The number of hydrogen-bond acceptors (Lipinski definition) is 11. The van der Waals surface area contributed by atoms with Crippen LogP contribution in [0.25, 0.3) is 0 Å². The van der Waals surface area contributed by atoms with Gasteiger partial charge in [0.1, 0.15) is 19.3 Å². The number of alkyl carbamates (subject to hydrolysis) is 2. The fraction of sp³-hybridized carbons (Fsp3) is 0.400. The molecule has 4 rings (SSSR count). The van der Waals surface area contributed by atoms with Gasteiger partial charge in [0.25, 0.3) is 0 Å². The summed E-state index contributed by atoms with van der Waals surface area (Å²) < 4.78 is 10.8. The van der Waals surface area contributed by atoms with E-state index < -0.39 is 42.3 Å². The Morgan fingerprint density at radius 3 is 2.08 bits per heavy atom. The number of ether oxygens (including phenoxy) is 2. The minimum Gasteiger partial charge on any atom is -0.444 e. The summed E-state index contributed by atoms with van der Waals surface area (Å²) in [7, 11) is 3.76. The van der Waals surface area contributed by atoms with E-state index in [0.717, 1.165) is 21.1 Å². The van der Waals surface area contributed by atoms with Crippen LogP contribution in [0.15, 0.2) is 77.8 Å². The van der Waals surface area contributed by atoms with Crippen molar-refractivity contribution < 1.29 is 29.0 Å². The molecule has 49 heavy (non-hydrogen) atoms. The highest BCUT2D eigenvalue weighted by atomic mass is 32.1. The van der Waals surface area contributed by atoms with Crippen LogP contribution in [-0.2, 0) is 40.3 Å². The number of aliphatic hydroxyl groups excluding tert-OH is 1. The number of thiazole rings is 2. The molecule has 0 aliphatic heterocycles. The zero-order valence-electron chi connectivity index (χ0n) is 28.1. The van der Waals surface area contributed by atoms with Crippen molar-refractivity contribution in [1.29, 1.82) is 0 Å². The Labute approximate surface area is 294 Å². The second-order valence-electron chi connectivity index (χ2n) is 12.1. The molecule has 4 aromatic rings. The first kappa shape index (κ1) is 37.3. The molecule has 2 heterocycles. The highest BCUT2D eigenvalue weighted by Crippen LogP contribution is 2.19. The third-order valence-corrected chi connectivity index (χ3v) is 9.40. The van der Waals surface area contributed by atoms with Crippen molar-refractivity contribution in [3.8, 4) is 0 Å². The molecule has 0 unspecified atom stereocenters. The molecule has 3 amide bonds. The number of carbonyl (C=O) groups is 3. The molecule has 14 heteroatoms. The average molecular weight is 709 g/mol. The van der Waals surface area contributed by atoms with Gasteiger partial charge in [0.2, 0.25) is 5.91 Å².